The first-order valence-electron chi connectivity index (χ1n) is 8.37. The first-order chi connectivity index (χ1) is 12.1. The van der Waals surface area contributed by atoms with Crippen LogP contribution in [0.25, 0.3) is 0 Å². The van der Waals surface area contributed by atoms with Crippen LogP contribution in [0.2, 0.25) is 0 Å². The van der Waals surface area contributed by atoms with Crippen molar-refractivity contribution in [1.82, 2.24) is 9.80 Å². The van der Waals surface area contributed by atoms with Gasteiger partial charge >= 0.3 is 6.09 Å². The minimum absolute atomic E-state index is 0.0857. The average Bonchev–Trinajstić information content (AvgIpc) is 3.02. The Morgan fingerprint density at radius 3 is 3.00 bits per heavy atom. The van der Waals surface area contributed by atoms with E-state index in [2.05, 4.69) is 0 Å². The number of methoxy groups -OCH3 is 1. The summed E-state index contributed by atoms with van der Waals surface area (Å²) >= 11 is 0. The first kappa shape index (κ1) is 17.3. The van der Waals surface area contributed by atoms with Gasteiger partial charge in [0.05, 0.1) is 25.3 Å². The molecule has 2 aliphatic rings. The van der Waals surface area contributed by atoms with Crippen molar-refractivity contribution >= 4 is 12.0 Å². The van der Waals surface area contributed by atoms with Crippen molar-refractivity contribution in [3.63, 3.8) is 0 Å². The van der Waals surface area contributed by atoms with Gasteiger partial charge in [-0.2, -0.15) is 0 Å². The largest absolute Gasteiger partial charge is 0.497 e. The molecule has 8 nitrogen and oxygen atoms in total. The number of cyclic esters (lactones) is 1. The summed E-state index contributed by atoms with van der Waals surface area (Å²) in [5.74, 6) is 0.966. The lowest BCUT2D eigenvalue weighted by atomic mass is 10.1. The van der Waals surface area contributed by atoms with Crippen LogP contribution in [-0.2, 0) is 4.74 Å². The smallest absolute Gasteiger partial charge is 0.410 e. The van der Waals surface area contributed by atoms with Gasteiger partial charge < -0.3 is 24.8 Å². The Morgan fingerprint density at radius 1 is 1.40 bits per heavy atom. The van der Waals surface area contributed by atoms with E-state index in [1.54, 1.807) is 35.1 Å². The molecule has 2 N–H and O–H groups in total. The number of ether oxygens (including phenoxy) is 3. The molecule has 136 valence electrons. The highest BCUT2D eigenvalue weighted by atomic mass is 16.6. The van der Waals surface area contributed by atoms with Gasteiger partial charge in [-0.25, -0.2) is 4.79 Å². The monoisotopic (exact) mass is 349 g/mol. The molecule has 0 aromatic heterocycles. The molecule has 2 amide bonds. The number of nitrogens with zero attached hydrogens (tertiary/aromatic N) is 2. The van der Waals surface area contributed by atoms with Crippen molar-refractivity contribution in [3.05, 3.63) is 23.8 Å². The fourth-order valence-electron chi connectivity index (χ4n) is 3.04. The van der Waals surface area contributed by atoms with Gasteiger partial charge in [-0.15, -0.1) is 0 Å². The summed E-state index contributed by atoms with van der Waals surface area (Å²) < 4.78 is 16.0. The molecule has 3 rings (SSSR count). The van der Waals surface area contributed by atoms with E-state index in [0.29, 0.717) is 62.9 Å². The van der Waals surface area contributed by atoms with Crippen molar-refractivity contribution < 1.29 is 23.8 Å². The Hall–Kier alpha value is -2.48. The van der Waals surface area contributed by atoms with E-state index in [9.17, 15) is 9.59 Å². The van der Waals surface area contributed by atoms with Gasteiger partial charge in [-0.3, -0.25) is 9.69 Å². The number of hydrogen-bond donors (Lipinski definition) is 1. The highest BCUT2D eigenvalue weighted by molar-refractivity contribution is 5.97. The first-order valence-corrected chi connectivity index (χ1v) is 8.37. The molecule has 25 heavy (non-hydrogen) atoms. The molecule has 0 bridgehead atoms. The summed E-state index contributed by atoms with van der Waals surface area (Å²) in [6.45, 7) is 2.68. The van der Waals surface area contributed by atoms with Gasteiger partial charge in [0.2, 0.25) is 0 Å². The van der Waals surface area contributed by atoms with Gasteiger partial charge in [0.15, 0.2) is 0 Å². The summed E-state index contributed by atoms with van der Waals surface area (Å²) in [5.41, 5.74) is 5.95. The predicted molar refractivity (Wildman–Crippen MR) is 89.9 cm³/mol. The Bertz CT molecular complexity index is 651. The van der Waals surface area contributed by atoms with Crippen LogP contribution in [0.15, 0.2) is 18.2 Å². The molecule has 1 aromatic rings. The lowest BCUT2D eigenvalue weighted by Gasteiger charge is -2.35. The molecule has 8 heteroatoms. The zero-order valence-electron chi connectivity index (χ0n) is 14.3. The van der Waals surface area contributed by atoms with E-state index in [1.165, 1.54) is 0 Å². The van der Waals surface area contributed by atoms with Crippen LogP contribution in [0, 0.1) is 0 Å². The number of carbonyl (C=O) groups is 2. The van der Waals surface area contributed by atoms with Crippen LogP contribution in [-0.4, -0.2) is 74.3 Å². The molecule has 0 aliphatic carbocycles. The third-order valence-electron chi connectivity index (χ3n) is 4.43. The molecule has 2 saturated heterocycles. The summed E-state index contributed by atoms with van der Waals surface area (Å²) in [7, 11) is 1.55. The minimum Gasteiger partial charge on any atom is -0.497 e. The second-order valence-corrected chi connectivity index (χ2v) is 6.03. The maximum atomic E-state index is 13.0. The highest BCUT2D eigenvalue weighted by Crippen LogP contribution is 2.27. The molecule has 2 aliphatic heterocycles. The van der Waals surface area contributed by atoms with E-state index in [-0.39, 0.29) is 18.0 Å². The van der Waals surface area contributed by atoms with Crippen molar-refractivity contribution in [2.45, 2.75) is 12.5 Å². The van der Waals surface area contributed by atoms with E-state index >= 15 is 0 Å². The zero-order valence-corrected chi connectivity index (χ0v) is 14.3. The van der Waals surface area contributed by atoms with Crippen LogP contribution in [0.5, 0.6) is 11.5 Å². The Labute approximate surface area is 146 Å². The van der Waals surface area contributed by atoms with E-state index in [0.717, 1.165) is 0 Å². The van der Waals surface area contributed by atoms with Crippen LogP contribution < -0.4 is 15.2 Å². The van der Waals surface area contributed by atoms with Crippen LogP contribution >= 0.6 is 0 Å². The standard InChI is InChI=1S/C17H23N3O5/c1-23-13-3-4-15(24-8-2-5-18)14(9-13)16(21)19-6-7-20-12(10-19)11-25-17(20)22/h3-4,9,12H,2,5-8,10-11,18H2,1H3/t12-/m1/s1. The number of nitrogens with two attached hydrogens (primary N) is 1. The minimum atomic E-state index is -0.302. The van der Waals surface area contributed by atoms with Gasteiger partial charge in [-0.05, 0) is 31.2 Å². The number of benzene rings is 1. The lowest BCUT2D eigenvalue weighted by Crippen LogP contribution is -2.53. The van der Waals surface area contributed by atoms with Crippen molar-refractivity contribution in [2.24, 2.45) is 5.73 Å². The highest BCUT2D eigenvalue weighted by Gasteiger charge is 2.39. The van der Waals surface area contributed by atoms with Gasteiger partial charge in [0.25, 0.3) is 5.91 Å². The number of piperazine rings is 1. The molecule has 0 radical (unpaired) electrons. The second kappa shape index (κ2) is 7.60. The second-order valence-electron chi connectivity index (χ2n) is 6.03. The zero-order chi connectivity index (χ0) is 17.8. The van der Waals surface area contributed by atoms with Crippen molar-refractivity contribution in [2.75, 3.05) is 46.5 Å². The topological polar surface area (TPSA) is 94.3 Å². The molecule has 2 heterocycles. The van der Waals surface area contributed by atoms with Crippen LogP contribution in [0.3, 0.4) is 0 Å². The number of rotatable bonds is 6. The van der Waals surface area contributed by atoms with Gasteiger partial charge in [-0.1, -0.05) is 0 Å². The number of hydrogen-bond acceptors (Lipinski definition) is 6. The molecular weight excluding hydrogens is 326 g/mol. The van der Waals surface area contributed by atoms with Crippen molar-refractivity contribution in [1.29, 1.82) is 0 Å². The lowest BCUT2D eigenvalue weighted by molar-refractivity contribution is 0.0612. The van der Waals surface area contributed by atoms with E-state index in [4.69, 9.17) is 19.9 Å². The number of amides is 2. The van der Waals surface area contributed by atoms with Crippen molar-refractivity contribution in [3.8, 4) is 11.5 Å². The normalized spacial score (nSPS) is 19.4. The Kier molecular flexibility index (Phi) is 5.28. The van der Waals surface area contributed by atoms with Crippen LogP contribution in [0.4, 0.5) is 4.79 Å². The Balaban J connectivity index is 1.77. The molecule has 0 saturated carbocycles. The summed E-state index contributed by atoms with van der Waals surface area (Å²) in [6, 6.07) is 5.09. The maximum Gasteiger partial charge on any atom is 0.410 e. The fraction of sp³-hybridized carbons (Fsp3) is 0.529. The number of carbonyl (C=O) groups excluding carboxylic acids is 2. The van der Waals surface area contributed by atoms with E-state index in [1.807, 2.05) is 0 Å². The fourth-order valence-corrected chi connectivity index (χ4v) is 3.04. The van der Waals surface area contributed by atoms with Gasteiger partial charge in [0.1, 0.15) is 18.1 Å². The molecule has 0 spiro atoms. The Morgan fingerprint density at radius 2 is 2.24 bits per heavy atom. The summed E-state index contributed by atoms with van der Waals surface area (Å²) in [5, 5.41) is 0. The maximum absolute atomic E-state index is 13.0. The quantitative estimate of drug-likeness (QED) is 0.760. The van der Waals surface area contributed by atoms with Crippen LogP contribution in [0.1, 0.15) is 16.8 Å². The molecule has 2 fully saturated rings. The van der Waals surface area contributed by atoms with Gasteiger partial charge in [0, 0.05) is 19.6 Å². The van der Waals surface area contributed by atoms with E-state index < -0.39 is 0 Å². The summed E-state index contributed by atoms with van der Waals surface area (Å²) in [4.78, 5) is 28.0. The molecule has 0 unspecified atom stereocenters. The molecule has 1 aromatic carbocycles. The predicted octanol–water partition coefficient (Wildman–Crippen LogP) is 0.699. The third-order valence-corrected chi connectivity index (χ3v) is 4.43. The molecular formula is C17H23N3O5. The summed E-state index contributed by atoms with van der Waals surface area (Å²) in [6.07, 6.45) is 0.407. The SMILES string of the molecule is COc1ccc(OCCCN)c(C(=O)N2CCN3C(=O)OC[C@H]3C2)c1. The molecule has 1 atom stereocenters. The third kappa shape index (κ3) is 3.63. The number of fused-ring (bicyclic) bond motifs is 1. The average molecular weight is 349 g/mol.